The van der Waals surface area contributed by atoms with Crippen molar-refractivity contribution in [3.63, 3.8) is 0 Å². The molecule has 1 aliphatic carbocycles. The molecule has 212 valence electrons. The molecule has 0 unspecified atom stereocenters. The predicted molar refractivity (Wildman–Crippen MR) is 146 cm³/mol. The number of amides is 1. The topological polar surface area (TPSA) is 82.9 Å². The summed E-state index contributed by atoms with van der Waals surface area (Å²) in [7, 11) is 4.86. The third kappa shape index (κ3) is 5.51. The van der Waals surface area contributed by atoms with Gasteiger partial charge in [-0.25, -0.2) is 8.91 Å². The highest BCUT2D eigenvalue weighted by molar-refractivity contribution is 8.00. The molecule has 3 heterocycles. The van der Waals surface area contributed by atoms with Crippen LogP contribution in [0.3, 0.4) is 0 Å². The Balaban J connectivity index is 1.41. The Labute approximate surface area is 232 Å². The standard InChI is InChI=1S/C27H28F4N6O2S/c1-32-25(38)16-9-10-18(21(12-16)39-3)33-11-5-6-19-24(40-27(29,30)31)20-7-4-8-23(37(20)35-19)34-26-13-17(26)14-36(2)15-22(26)28/h4,7-10,12,17,22,33-34H,11,13-15H2,1-3H3,(H,32,38)/t17-,22+,26+/m1/s1. The second-order valence-corrected chi connectivity index (χ2v) is 10.9. The maximum atomic E-state index is 15.1. The molecule has 8 nitrogen and oxygen atoms in total. The first kappa shape index (κ1) is 27.9. The van der Waals surface area contributed by atoms with Crippen molar-refractivity contribution in [1.82, 2.24) is 19.8 Å². The van der Waals surface area contributed by atoms with Crippen molar-refractivity contribution < 1.29 is 27.1 Å². The minimum Gasteiger partial charge on any atom is -0.495 e. The van der Waals surface area contributed by atoms with Crippen LogP contribution in [0.2, 0.25) is 0 Å². The first-order valence-electron chi connectivity index (χ1n) is 12.6. The number of aromatic nitrogens is 2. The van der Waals surface area contributed by atoms with Gasteiger partial charge in [0.15, 0.2) is 0 Å². The van der Waals surface area contributed by atoms with Gasteiger partial charge < -0.3 is 25.6 Å². The van der Waals surface area contributed by atoms with Gasteiger partial charge in [0.05, 0.1) is 35.3 Å². The number of halogens is 4. The zero-order chi connectivity index (χ0) is 28.7. The number of pyridine rings is 1. The highest BCUT2D eigenvalue weighted by Crippen LogP contribution is 2.53. The van der Waals surface area contributed by atoms with E-state index in [1.54, 1.807) is 30.3 Å². The van der Waals surface area contributed by atoms with Crippen molar-refractivity contribution in [2.75, 3.05) is 51.5 Å². The van der Waals surface area contributed by atoms with E-state index in [0.717, 1.165) is 6.54 Å². The molecule has 3 atom stereocenters. The molecule has 1 saturated heterocycles. The molecule has 13 heteroatoms. The molecule has 1 aliphatic heterocycles. The Morgan fingerprint density at radius 3 is 2.77 bits per heavy atom. The fourth-order valence-electron chi connectivity index (χ4n) is 5.15. The summed E-state index contributed by atoms with van der Waals surface area (Å²) in [4.78, 5) is 13.7. The number of alkyl halides is 4. The Morgan fingerprint density at radius 1 is 1.27 bits per heavy atom. The van der Waals surface area contributed by atoms with Crippen molar-refractivity contribution in [2.24, 2.45) is 5.92 Å². The van der Waals surface area contributed by atoms with Gasteiger partial charge in [0, 0.05) is 25.7 Å². The summed E-state index contributed by atoms with van der Waals surface area (Å²) in [6, 6.07) is 9.69. The average Bonchev–Trinajstić information content (AvgIpc) is 3.51. The van der Waals surface area contributed by atoms with Gasteiger partial charge in [-0.15, -0.1) is 0 Å². The van der Waals surface area contributed by atoms with E-state index in [2.05, 4.69) is 32.9 Å². The molecule has 0 spiro atoms. The molecular formula is C27H28F4N6O2S. The fraction of sp³-hybridized carbons (Fsp3) is 0.407. The number of likely N-dealkylation sites (tertiary alicyclic amines) is 1. The number of piperidine rings is 1. The zero-order valence-corrected chi connectivity index (χ0v) is 22.8. The molecule has 2 aromatic heterocycles. The van der Waals surface area contributed by atoms with E-state index in [1.807, 2.05) is 11.9 Å². The van der Waals surface area contributed by atoms with Gasteiger partial charge in [0.25, 0.3) is 5.91 Å². The zero-order valence-electron chi connectivity index (χ0n) is 22.0. The lowest BCUT2D eigenvalue weighted by atomic mass is 10.0. The van der Waals surface area contributed by atoms with Crippen molar-refractivity contribution in [3.05, 3.63) is 47.7 Å². The number of rotatable bonds is 7. The van der Waals surface area contributed by atoms with Crippen molar-refractivity contribution in [2.45, 2.75) is 28.5 Å². The molecule has 1 aromatic carbocycles. The Bertz CT molecular complexity index is 1500. The van der Waals surface area contributed by atoms with Gasteiger partial charge in [0.1, 0.15) is 23.4 Å². The van der Waals surface area contributed by atoms with E-state index in [1.165, 1.54) is 24.7 Å². The summed E-state index contributed by atoms with van der Waals surface area (Å²) >= 11 is -0.277. The normalized spacial score (nSPS) is 22.2. The van der Waals surface area contributed by atoms with Crippen molar-refractivity contribution >= 4 is 34.7 Å². The van der Waals surface area contributed by atoms with E-state index in [9.17, 15) is 18.0 Å². The van der Waals surface area contributed by atoms with Crippen molar-refractivity contribution in [1.29, 1.82) is 0 Å². The van der Waals surface area contributed by atoms with Crippen LogP contribution in [0.25, 0.3) is 5.52 Å². The molecule has 40 heavy (non-hydrogen) atoms. The summed E-state index contributed by atoms with van der Waals surface area (Å²) in [5.41, 5.74) is -4.13. The number of hydrogen-bond donors (Lipinski definition) is 3. The summed E-state index contributed by atoms with van der Waals surface area (Å²) < 4.78 is 62.3. The molecule has 1 saturated carbocycles. The van der Waals surface area contributed by atoms with Gasteiger partial charge in [-0.2, -0.15) is 18.3 Å². The van der Waals surface area contributed by atoms with Crippen LogP contribution in [-0.4, -0.2) is 78.5 Å². The van der Waals surface area contributed by atoms with E-state index >= 15 is 4.39 Å². The van der Waals surface area contributed by atoms with Crippen LogP contribution >= 0.6 is 11.8 Å². The van der Waals surface area contributed by atoms with Crippen LogP contribution in [0.1, 0.15) is 22.5 Å². The predicted octanol–water partition coefficient (Wildman–Crippen LogP) is 4.23. The fourth-order valence-corrected chi connectivity index (χ4v) is 5.83. The van der Waals surface area contributed by atoms with E-state index in [0.29, 0.717) is 29.2 Å². The van der Waals surface area contributed by atoms with Crippen molar-refractivity contribution in [3.8, 4) is 17.6 Å². The summed E-state index contributed by atoms with van der Waals surface area (Å²) in [5.74, 6) is 6.27. The molecule has 2 aliphatic rings. The summed E-state index contributed by atoms with van der Waals surface area (Å²) in [5, 5.41) is 13.3. The lowest BCUT2D eigenvalue weighted by Crippen LogP contribution is -2.48. The number of benzene rings is 1. The van der Waals surface area contributed by atoms with Crippen LogP contribution in [0.4, 0.5) is 29.1 Å². The SMILES string of the molecule is CNC(=O)c1ccc(NCC#Cc2nn3c(N[C@@]45C[C@@H]4CN(C)C[C@@H]5F)cccc3c2SC(F)(F)F)c(OC)c1. The molecule has 3 N–H and O–H groups in total. The highest BCUT2D eigenvalue weighted by Gasteiger charge is 2.63. The largest absolute Gasteiger partial charge is 0.495 e. The van der Waals surface area contributed by atoms with Gasteiger partial charge >= 0.3 is 5.51 Å². The van der Waals surface area contributed by atoms with Gasteiger partial charge in [0.2, 0.25) is 0 Å². The highest BCUT2D eigenvalue weighted by atomic mass is 32.2. The lowest BCUT2D eigenvalue weighted by molar-refractivity contribution is -0.0327. The summed E-state index contributed by atoms with van der Waals surface area (Å²) in [6.45, 7) is 1.12. The van der Waals surface area contributed by atoms with Crippen LogP contribution < -0.4 is 20.7 Å². The third-order valence-electron chi connectivity index (χ3n) is 7.17. The number of hydrogen-bond acceptors (Lipinski definition) is 7. The first-order chi connectivity index (χ1) is 19.0. The number of methoxy groups -OCH3 is 1. The second-order valence-electron chi connectivity index (χ2n) is 9.84. The molecule has 2 fully saturated rings. The molecular weight excluding hydrogens is 548 g/mol. The Morgan fingerprint density at radius 2 is 2.08 bits per heavy atom. The number of carbonyl (C=O) groups is 1. The van der Waals surface area contributed by atoms with Crippen LogP contribution in [-0.2, 0) is 0 Å². The number of fused-ring (bicyclic) bond motifs is 2. The maximum absolute atomic E-state index is 15.1. The van der Waals surface area contributed by atoms with Crippen LogP contribution in [0.15, 0.2) is 41.3 Å². The van der Waals surface area contributed by atoms with Crippen LogP contribution in [0.5, 0.6) is 5.75 Å². The molecule has 0 radical (unpaired) electrons. The number of anilines is 2. The second kappa shape index (κ2) is 10.7. The molecule has 0 bridgehead atoms. The maximum Gasteiger partial charge on any atom is 0.446 e. The minimum absolute atomic E-state index is 0.0367. The van der Waals surface area contributed by atoms with E-state index in [-0.39, 0.29) is 52.8 Å². The molecule has 1 amide bonds. The molecule has 3 aromatic rings. The third-order valence-corrected chi connectivity index (χ3v) is 8.01. The first-order valence-corrected chi connectivity index (χ1v) is 13.4. The quantitative estimate of drug-likeness (QED) is 0.221. The Kier molecular flexibility index (Phi) is 7.50. The Hall–Kier alpha value is -3.63. The smallest absolute Gasteiger partial charge is 0.446 e. The van der Waals surface area contributed by atoms with Gasteiger partial charge in [-0.1, -0.05) is 12.0 Å². The van der Waals surface area contributed by atoms with E-state index in [4.69, 9.17) is 4.74 Å². The van der Waals surface area contributed by atoms with Gasteiger partial charge in [-0.05, 0) is 67.4 Å². The average molecular weight is 577 g/mol. The number of ether oxygens (including phenoxy) is 1. The number of nitrogens with one attached hydrogen (secondary N) is 3. The lowest BCUT2D eigenvalue weighted by Gasteiger charge is -2.33. The monoisotopic (exact) mass is 576 g/mol. The van der Waals surface area contributed by atoms with Gasteiger partial charge in [-0.3, -0.25) is 4.79 Å². The summed E-state index contributed by atoms with van der Waals surface area (Å²) in [6.07, 6.45) is -0.467. The minimum atomic E-state index is -4.56. The number of thioether (sulfide) groups is 1. The molecule has 5 rings (SSSR count). The van der Waals surface area contributed by atoms with Crippen LogP contribution in [0, 0.1) is 17.8 Å². The number of nitrogens with zero attached hydrogens (tertiary/aromatic N) is 3. The number of carbonyl (C=O) groups excluding carboxylic acids is 1. The van der Waals surface area contributed by atoms with E-state index < -0.39 is 17.2 Å².